The zero-order chi connectivity index (χ0) is 11.3. The van der Waals surface area contributed by atoms with Gasteiger partial charge >= 0.3 is 0 Å². The SMILES string of the molecule is Cc1nnc(CN(CCCO)C(C)C)o1. The summed E-state index contributed by atoms with van der Waals surface area (Å²) in [7, 11) is 0. The Bertz CT molecular complexity index is 286. The van der Waals surface area contributed by atoms with Crippen molar-refractivity contribution in [3.63, 3.8) is 0 Å². The molecule has 1 aromatic heterocycles. The average Bonchev–Trinajstić information content (AvgIpc) is 2.58. The fourth-order valence-electron chi connectivity index (χ4n) is 1.37. The zero-order valence-electron chi connectivity index (χ0n) is 9.60. The average molecular weight is 213 g/mol. The molecular formula is C10H19N3O2. The van der Waals surface area contributed by atoms with Crippen LogP contribution in [-0.4, -0.2) is 39.4 Å². The van der Waals surface area contributed by atoms with Gasteiger partial charge in [0, 0.05) is 26.1 Å². The molecule has 0 bridgehead atoms. The third-order valence-corrected chi connectivity index (χ3v) is 2.24. The van der Waals surface area contributed by atoms with Crippen LogP contribution >= 0.6 is 0 Å². The predicted octanol–water partition coefficient (Wildman–Crippen LogP) is 0.971. The molecule has 5 nitrogen and oxygen atoms in total. The number of hydrogen-bond acceptors (Lipinski definition) is 5. The lowest BCUT2D eigenvalue weighted by molar-refractivity contribution is 0.170. The number of aliphatic hydroxyl groups is 1. The summed E-state index contributed by atoms with van der Waals surface area (Å²) in [5.41, 5.74) is 0. The molecule has 0 saturated carbocycles. The van der Waals surface area contributed by atoms with E-state index in [1.807, 2.05) is 0 Å². The van der Waals surface area contributed by atoms with Gasteiger partial charge in [-0.05, 0) is 20.3 Å². The van der Waals surface area contributed by atoms with Crippen molar-refractivity contribution >= 4 is 0 Å². The number of aliphatic hydroxyl groups excluding tert-OH is 1. The van der Waals surface area contributed by atoms with E-state index in [1.165, 1.54) is 0 Å². The maximum absolute atomic E-state index is 8.79. The molecule has 1 rings (SSSR count). The molecule has 0 aromatic carbocycles. The molecular weight excluding hydrogens is 194 g/mol. The lowest BCUT2D eigenvalue weighted by Gasteiger charge is -2.24. The maximum atomic E-state index is 8.79. The first kappa shape index (κ1) is 12.1. The maximum Gasteiger partial charge on any atom is 0.230 e. The van der Waals surface area contributed by atoms with E-state index in [4.69, 9.17) is 9.52 Å². The standard InChI is InChI=1S/C10H19N3O2/c1-8(2)13(5-4-6-14)7-10-12-11-9(3)15-10/h8,14H,4-7H2,1-3H3. The van der Waals surface area contributed by atoms with Gasteiger partial charge in [-0.3, -0.25) is 4.90 Å². The van der Waals surface area contributed by atoms with Crippen molar-refractivity contribution < 1.29 is 9.52 Å². The van der Waals surface area contributed by atoms with Gasteiger partial charge in [0.2, 0.25) is 11.8 Å². The van der Waals surface area contributed by atoms with Crippen LogP contribution in [0.4, 0.5) is 0 Å². The zero-order valence-corrected chi connectivity index (χ0v) is 9.60. The summed E-state index contributed by atoms with van der Waals surface area (Å²) >= 11 is 0. The molecule has 0 aliphatic carbocycles. The second-order valence-electron chi connectivity index (χ2n) is 3.86. The molecule has 0 amide bonds. The van der Waals surface area contributed by atoms with Crippen molar-refractivity contribution in [1.82, 2.24) is 15.1 Å². The van der Waals surface area contributed by atoms with Gasteiger partial charge in [0.1, 0.15) is 0 Å². The number of rotatable bonds is 6. The van der Waals surface area contributed by atoms with E-state index in [-0.39, 0.29) is 6.61 Å². The van der Waals surface area contributed by atoms with Crippen LogP contribution in [-0.2, 0) is 6.54 Å². The van der Waals surface area contributed by atoms with E-state index in [0.717, 1.165) is 13.0 Å². The van der Waals surface area contributed by atoms with Gasteiger partial charge in [-0.1, -0.05) is 0 Å². The summed E-state index contributed by atoms with van der Waals surface area (Å²) in [6.07, 6.45) is 0.769. The van der Waals surface area contributed by atoms with Gasteiger partial charge in [0.15, 0.2) is 0 Å². The number of nitrogens with zero attached hydrogens (tertiary/aromatic N) is 3. The first-order valence-electron chi connectivity index (χ1n) is 5.27. The van der Waals surface area contributed by atoms with Crippen molar-refractivity contribution in [2.45, 2.75) is 39.8 Å². The van der Waals surface area contributed by atoms with Crippen LogP contribution in [0.25, 0.3) is 0 Å². The minimum absolute atomic E-state index is 0.214. The number of aromatic nitrogens is 2. The Labute approximate surface area is 90.1 Å². The van der Waals surface area contributed by atoms with Gasteiger partial charge in [0.25, 0.3) is 0 Å². The summed E-state index contributed by atoms with van der Waals surface area (Å²) < 4.78 is 5.32. The smallest absolute Gasteiger partial charge is 0.230 e. The van der Waals surface area contributed by atoms with Gasteiger partial charge < -0.3 is 9.52 Å². The Kier molecular flexibility index (Phi) is 4.71. The summed E-state index contributed by atoms with van der Waals surface area (Å²) in [6.45, 7) is 7.71. The van der Waals surface area contributed by atoms with Crippen LogP contribution in [0.1, 0.15) is 32.0 Å². The summed E-state index contributed by atoms with van der Waals surface area (Å²) in [5, 5.41) is 16.5. The van der Waals surface area contributed by atoms with Crippen LogP contribution in [0.5, 0.6) is 0 Å². The Morgan fingerprint density at radius 3 is 2.60 bits per heavy atom. The van der Waals surface area contributed by atoms with Crippen molar-refractivity contribution in [2.24, 2.45) is 0 Å². The first-order valence-corrected chi connectivity index (χ1v) is 5.27. The molecule has 15 heavy (non-hydrogen) atoms. The molecule has 1 N–H and O–H groups in total. The van der Waals surface area contributed by atoms with E-state index in [1.54, 1.807) is 6.92 Å². The third kappa shape index (κ3) is 3.97. The number of aryl methyl sites for hydroxylation is 1. The van der Waals surface area contributed by atoms with Crippen LogP contribution in [0, 0.1) is 6.92 Å². The molecule has 0 aliphatic rings. The van der Waals surface area contributed by atoms with Gasteiger partial charge in [-0.15, -0.1) is 10.2 Å². The van der Waals surface area contributed by atoms with Gasteiger partial charge in [-0.25, -0.2) is 0 Å². The highest BCUT2D eigenvalue weighted by molar-refractivity contribution is 4.80. The minimum Gasteiger partial charge on any atom is -0.424 e. The Morgan fingerprint density at radius 1 is 1.40 bits per heavy atom. The van der Waals surface area contributed by atoms with Crippen LogP contribution < -0.4 is 0 Å². The molecule has 0 unspecified atom stereocenters. The monoisotopic (exact) mass is 213 g/mol. The van der Waals surface area contributed by atoms with Crippen molar-refractivity contribution in [3.05, 3.63) is 11.8 Å². The first-order chi connectivity index (χ1) is 7.13. The molecule has 0 atom stereocenters. The minimum atomic E-state index is 0.214. The van der Waals surface area contributed by atoms with Crippen LogP contribution in [0.3, 0.4) is 0 Å². The second kappa shape index (κ2) is 5.82. The Hall–Kier alpha value is -0.940. The molecule has 0 saturated heterocycles. The van der Waals surface area contributed by atoms with Crippen molar-refractivity contribution in [2.75, 3.05) is 13.2 Å². The summed E-state index contributed by atoms with van der Waals surface area (Å²) in [6, 6.07) is 0.406. The molecule has 0 fully saturated rings. The van der Waals surface area contributed by atoms with Crippen molar-refractivity contribution in [1.29, 1.82) is 0 Å². The molecule has 0 spiro atoms. The molecule has 86 valence electrons. The normalized spacial score (nSPS) is 11.6. The Balaban J connectivity index is 2.50. The van der Waals surface area contributed by atoms with E-state index in [9.17, 15) is 0 Å². The van der Waals surface area contributed by atoms with E-state index >= 15 is 0 Å². The van der Waals surface area contributed by atoms with E-state index in [0.29, 0.717) is 24.4 Å². The lowest BCUT2D eigenvalue weighted by Crippen LogP contribution is -2.31. The van der Waals surface area contributed by atoms with Gasteiger partial charge in [0.05, 0.1) is 6.54 Å². The van der Waals surface area contributed by atoms with E-state index < -0.39 is 0 Å². The Morgan fingerprint density at radius 2 is 2.13 bits per heavy atom. The molecule has 1 aromatic rings. The second-order valence-corrected chi connectivity index (χ2v) is 3.86. The molecule has 0 aliphatic heterocycles. The summed E-state index contributed by atoms with van der Waals surface area (Å²) in [4.78, 5) is 2.20. The topological polar surface area (TPSA) is 62.4 Å². The largest absolute Gasteiger partial charge is 0.424 e. The fourth-order valence-corrected chi connectivity index (χ4v) is 1.37. The fraction of sp³-hybridized carbons (Fsp3) is 0.800. The highest BCUT2D eigenvalue weighted by atomic mass is 16.4. The van der Waals surface area contributed by atoms with E-state index in [2.05, 4.69) is 28.9 Å². The van der Waals surface area contributed by atoms with Crippen LogP contribution in [0.15, 0.2) is 4.42 Å². The highest BCUT2D eigenvalue weighted by Gasteiger charge is 2.13. The lowest BCUT2D eigenvalue weighted by atomic mass is 10.3. The van der Waals surface area contributed by atoms with Crippen LogP contribution in [0.2, 0.25) is 0 Å². The molecule has 0 radical (unpaired) electrons. The predicted molar refractivity (Wildman–Crippen MR) is 56.3 cm³/mol. The van der Waals surface area contributed by atoms with Gasteiger partial charge in [-0.2, -0.15) is 0 Å². The van der Waals surface area contributed by atoms with Crippen molar-refractivity contribution in [3.8, 4) is 0 Å². The summed E-state index contributed by atoms with van der Waals surface area (Å²) in [5.74, 6) is 1.23. The molecule has 5 heteroatoms. The quantitative estimate of drug-likeness (QED) is 0.763. The third-order valence-electron chi connectivity index (χ3n) is 2.24. The molecule has 1 heterocycles. The highest BCUT2D eigenvalue weighted by Crippen LogP contribution is 2.07. The number of hydrogen-bond donors (Lipinski definition) is 1.